The van der Waals surface area contributed by atoms with Gasteiger partial charge in [0, 0.05) is 33.7 Å². The number of nitrogens with zero attached hydrogens (tertiary/aromatic N) is 2. The standard InChI is InChI=1S/C14H29N5O2/c1-7-15-12(21)14(3,4)10-18-13(16-8-2)17-9-11(20)19(5)6/h7-10H2,1-6H3,(H,15,21)(H2,16,17,18). The molecule has 0 aliphatic carbocycles. The lowest BCUT2D eigenvalue weighted by Crippen LogP contribution is -2.48. The highest BCUT2D eigenvalue weighted by Gasteiger charge is 2.27. The first-order valence-electron chi connectivity index (χ1n) is 7.25. The molecule has 0 aromatic rings. The fraction of sp³-hybridized carbons (Fsp3) is 0.786. The predicted molar refractivity (Wildman–Crippen MR) is 85.1 cm³/mol. The average molecular weight is 299 g/mol. The first-order valence-corrected chi connectivity index (χ1v) is 7.25. The summed E-state index contributed by atoms with van der Waals surface area (Å²) < 4.78 is 0. The van der Waals surface area contributed by atoms with Crippen molar-refractivity contribution < 1.29 is 9.59 Å². The number of guanidine groups is 1. The van der Waals surface area contributed by atoms with Crippen LogP contribution in [0.1, 0.15) is 27.7 Å². The molecule has 21 heavy (non-hydrogen) atoms. The Labute approximate surface area is 127 Å². The Balaban J connectivity index is 4.60. The van der Waals surface area contributed by atoms with Gasteiger partial charge in [0.05, 0.1) is 5.41 Å². The summed E-state index contributed by atoms with van der Waals surface area (Å²) in [5, 5.41) is 8.97. The normalized spacial score (nSPS) is 11.8. The molecule has 0 bridgehead atoms. The number of amides is 2. The van der Waals surface area contributed by atoms with Gasteiger partial charge in [-0.25, -0.2) is 4.99 Å². The van der Waals surface area contributed by atoms with Crippen LogP contribution < -0.4 is 16.0 Å². The van der Waals surface area contributed by atoms with Crippen molar-refractivity contribution in [3.63, 3.8) is 0 Å². The number of nitrogens with one attached hydrogen (secondary N) is 3. The minimum absolute atomic E-state index is 0.0160. The fourth-order valence-electron chi connectivity index (χ4n) is 1.41. The van der Waals surface area contributed by atoms with E-state index in [4.69, 9.17) is 0 Å². The highest BCUT2D eigenvalue weighted by atomic mass is 16.2. The summed E-state index contributed by atoms with van der Waals surface area (Å²) in [6, 6.07) is 0. The third kappa shape index (κ3) is 7.53. The first kappa shape index (κ1) is 19.2. The SMILES string of the molecule is CCNC(=O)C(C)(C)CNC(=NCC(=O)N(C)C)NCC. The third-order valence-corrected chi connectivity index (χ3v) is 2.87. The smallest absolute Gasteiger partial charge is 0.243 e. The predicted octanol–water partition coefficient (Wildman–Crippen LogP) is -0.208. The van der Waals surface area contributed by atoms with Crippen molar-refractivity contribution in [1.29, 1.82) is 0 Å². The van der Waals surface area contributed by atoms with Crippen LogP contribution in [0.5, 0.6) is 0 Å². The number of carbonyl (C=O) groups is 2. The Morgan fingerprint density at radius 2 is 1.62 bits per heavy atom. The van der Waals surface area contributed by atoms with Crippen LogP contribution in [0.4, 0.5) is 0 Å². The zero-order valence-electron chi connectivity index (χ0n) is 14.0. The quantitative estimate of drug-likeness (QED) is 0.448. The van der Waals surface area contributed by atoms with Crippen LogP contribution in [0.15, 0.2) is 4.99 Å². The molecule has 122 valence electrons. The van der Waals surface area contributed by atoms with E-state index in [0.29, 0.717) is 25.6 Å². The summed E-state index contributed by atoms with van der Waals surface area (Å²) in [6.07, 6.45) is 0. The van der Waals surface area contributed by atoms with Gasteiger partial charge < -0.3 is 20.9 Å². The van der Waals surface area contributed by atoms with E-state index in [-0.39, 0.29) is 18.4 Å². The minimum Gasteiger partial charge on any atom is -0.357 e. The second kappa shape index (κ2) is 9.20. The van der Waals surface area contributed by atoms with Crippen molar-refractivity contribution in [2.24, 2.45) is 10.4 Å². The molecule has 0 aliphatic heterocycles. The third-order valence-electron chi connectivity index (χ3n) is 2.87. The lowest BCUT2D eigenvalue weighted by molar-refractivity contribution is -0.129. The topological polar surface area (TPSA) is 85.8 Å². The largest absolute Gasteiger partial charge is 0.357 e. The van der Waals surface area contributed by atoms with Gasteiger partial charge >= 0.3 is 0 Å². The summed E-state index contributed by atoms with van der Waals surface area (Å²) in [7, 11) is 3.38. The maximum absolute atomic E-state index is 11.9. The van der Waals surface area contributed by atoms with E-state index in [1.807, 2.05) is 27.7 Å². The van der Waals surface area contributed by atoms with Crippen molar-refractivity contribution in [2.75, 3.05) is 40.3 Å². The van der Waals surface area contributed by atoms with E-state index in [1.165, 1.54) is 4.90 Å². The number of likely N-dealkylation sites (N-methyl/N-ethyl adjacent to an activating group) is 1. The minimum atomic E-state index is -0.558. The van der Waals surface area contributed by atoms with Gasteiger partial charge in [0.1, 0.15) is 6.54 Å². The molecule has 0 saturated heterocycles. The molecule has 0 aromatic carbocycles. The Morgan fingerprint density at radius 1 is 1.05 bits per heavy atom. The Morgan fingerprint density at radius 3 is 2.10 bits per heavy atom. The Kier molecular flexibility index (Phi) is 8.42. The molecule has 0 fully saturated rings. The zero-order valence-corrected chi connectivity index (χ0v) is 14.0. The molecule has 3 N–H and O–H groups in total. The molecule has 2 amide bonds. The van der Waals surface area contributed by atoms with Crippen LogP contribution >= 0.6 is 0 Å². The van der Waals surface area contributed by atoms with E-state index in [0.717, 1.165) is 0 Å². The van der Waals surface area contributed by atoms with Crippen molar-refractivity contribution >= 4 is 17.8 Å². The van der Waals surface area contributed by atoms with Gasteiger partial charge in [-0.15, -0.1) is 0 Å². The van der Waals surface area contributed by atoms with Gasteiger partial charge in [-0.3, -0.25) is 9.59 Å². The zero-order chi connectivity index (χ0) is 16.5. The van der Waals surface area contributed by atoms with Crippen LogP contribution in [0.25, 0.3) is 0 Å². The summed E-state index contributed by atoms with van der Waals surface area (Å²) in [4.78, 5) is 29.2. The maximum Gasteiger partial charge on any atom is 0.243 e. The van der Waals surface area contributed by atoms with Gasteiger partial charge in [-0.05, 0) is 27.7 Å². The molecule has 0 unspecified atom stereocenters. The van der Waals surface area contributed by atoms with Crippen molar-refractivity contribution in [3.05, 3.63) is 0 Å². The van der Waals surface area contributed by atoms with Crippen molar-refractivity contribution in [1.82, 2.24) is 20.9 Å². The summed E-state index contributed by atoms with van der Waals surface area (Å²) in [6.45, 7) is 9.35. The second-order valence-corrected chi connectivity index (χ2v) is 5.58. The van der Waals surface area contributed by atoms with Crippen LogP contribution in [0.2, 0.25) is 0 Å². The number of hydrogen-bond acceptors (Lipinski definition) is 3. The Bertz CT molecular complexity index is 378. The van der Waals surface area contributed by atoms with Crippen molar-refractivity contribution in [3.8, 4) is 0 Å². The number of aliphatic imine (C=N–C) groups is 1. The molecular weight excluding hydrogens is 270 g/mol. The average Bonchev–Trinajstić information content (AvgIpc) is 2.41. The van der Waals surface area contributed by atoms with Crippen molar-refractivity contribution in [2.45, 2.75) is 27.7 Å². The monoisotopic (exact) mass is 299 g/mol. The summed E-state index contributed by atoms with van der Waals surface area (Å²) in [5.41, 5.74) is -0.558. The molecular formula is C14H29N5O2. The first-order chi connectivity index (χ1) is 9.74. The van der Waals surface area contributed by atoms with Gasteiger partial charge in [0.25, 0.3) is 0 Å². The van der Waals surface area contributed by atoms with Gasteiger partial charge in [-0.2, -0.15) is 0 Å². The second-order valence-electron chi connectivity index (χ2n) is 5.58. The van der Waals surface area contributed by atoms with Crippen LogP contribution in [0, 0.1) is 5.41 Å². The van der Waals surface area contributed by atoms with Gasteiger partial charge in [0.2, 0.25) is 11.8 Å². The van der Waals surface area contributed by atoms with E-state index in [9.17, 15) is 9.59 Å². The molecule has 0 heterocycles. The van der Waals surface area contributed by atoms with Crippen LogP contribution in [-0.2, 0) is 9.59 Å². The molecule has 7 nitrogen and oxygen atoms in total. The maximum atomic E-state index is 11.9. The van der Waals surface area contributed by atoms with E-state index < -0.39 is 5.41 Å². The highest BCUT2D eigenvalue weighted by molar-refractivity contribution is 5.86. The van der Waals surface area contributed by atoms with Gasteiger partial charge in [0.15, 0.2) is 5.96 Å². The lowest BCUT2D eigenvalue weighted by Gasteiger charge is -2.24. The molecule has 0 aromatic heterocycles. The van der Waals surface area contributed by atoms with E-state index in [2.05, 4.69) is 20.9 Å². The highest BCUT2D eigenvalue weighted by Crippen LogP contribution is 2.13. The molecule has 0 rings (SSSR count). The number of hydrogen-bond donors (Lipinski definition) is 3. The Hall–Kier alpha value is -1.79. The van der Waals surface area contributed by atoms with Crippen LogP contribution in [0.3, 0.4) is 0 Å². The lowest BCUT2D eigenvalue weighted by atomic mass is 9.92. The van der Waals surface area contributed by atoms with E-state index >= 15 is 0 Å². The molecule has 0 atom stereocenters. The molecule has 0 radical (unpaired) electrons. The number of carbonyl (C=O) groups excluding carboxylic acids is 2. The molecule has 0 saturated carbocycles. The summed E-state index contributed by atoms with van der Waals surface area (Å²) >= 11 is 0. The fourth-order valence-corrected chi connectivity index (χ4v) is 1.41. The molecule has 0 aliphatic rings. The number of rotatable bonds is 7. The molecule has 0 spiro atoms. The summed E-state index contributed by atoms with van der Waals surface area (Å²) in [5.74, 6) is 0.443. The van der Waals surface area contributed by atoms with Gasteiger partial charge in [-0.1, -0.05) is 0 Å². The molecule has 7 heteroatoms. The van der Waals surface area contributed by atoms with E-state index in [1.54, 1.807) is 14.1 Å². The van der Waals surface area contributed by atoms with Crippen LogP contribution in [-0.4, -0.2) is 62.9 Å².